The van der Waals surface area contributed by atoms with Crippen molar-refractivity contribution in [3.05, 3.63) is 40.9 Å². The zero-order valence-corrected chi connectivity index (χ0v) is 19.0. The van der Waals surface area contributed by atoms with Crippen molar-refractivity contribution < 1.29 is 18.0 Å². The fourth-order valence-corrected chi connectivity index (χ4v) is 6.23. The Labute approximate surface area is 186 Å². The lowest BCUT2D eigenvalue weighted by atomic mass is 10.1. The normalized spacial score (nSPS) is 20.0. The van der Waals surface area contributed by atoms with Crippen LogP contribution in [0.5, 0.6) is 0 Å². The Morgan fingerprint density at radius 1 is 1.13 bits per heavy atom. The van der Waals surface area contributed by atoms with Gasteiger partial charge < -0.3 is 10.2 Å². The summed E-state index contributed by atoms with van der Waals surface area (Å²) in [7, 11) is -3.65. The van der Waals surface area contributed by atoms with E-state index in [2.05, 4.69) is 10.3 Å². The Morgan fingerprint density at radius 2 is 1.90 bits per heavy atom. The lowest BCUT2D eigenvalue weighted by Gasteiger charge is -2.27. The average Bonchev–Trinajstić information content (AvgIpc) is 3.46. The summed E-state index contributed by atoms with van der Waals surface area (Å²) in [6.07, 6.45) is 5.61. The van der Waals surface area contributed by atoms with Crippen LogP contribution in [0.15, 0.2) is 34.7 Å². The molecule has 1 aromatic carbocycles. The van der Waals surface area contributed by atoms with Crippen LogP contribution < -0.4 is 5.32 Å². The number of nitrogens with one attached hydrogen (secondary N) is 1. The molecule has 3 heterocycles. The fourth-order valence-electron chi connectivity index (χ4n) is 4.16. The molecule has 0 saturated carbocycles. The number of benzene rings is 1. The van der Waals surface area contributed by atoms with Crippen LogP contribution in [-0.2, 0) is 14.8 Å². The minimum absolute atomic E-state index is 0.131. The van der Waals surface area contributed by atoms with Crippen molar-refractivity contribution in [3.63, 3.8) is 0 Å². The molecule has 31 heavy (non-hydrogen) atoms. The van der Waals surface area contributed by atoms with Gasteiger partial charge in [0.05, 0.1) is 4.90 Å². The van der Waals surface area contributed by atoms with Crippen molar-refractivity contribution in [2.75, 3.05) is 25.0 Å². The molecule has 0 aliphatic carbocycles. The first-order chi connectivity index (χ1) is 14.9. The molecule has 0 spiro atoms. The molecule has 8 nitrogen and oxygen atoms in total. The van der Waals surface area contributed by atoms with E-state index in [-0.39, 0.29) is 16.7 Å². The van der Waals surface area contributed by atoms with E-state index in [1.165, 1.54) is 21.7 Å². The van der Waals surface area contributed by atoms with E-state index >= 15 is 0 Å². The van der Waals surface area contributed by atoms with Gasteiger partial charge in [0.1, 0.15) is 6.04 Å². The summed E-state index contributed by atoms with van der Waals surface area (Å²) in [5.41, 5.74) is 1.01. The van der Waals surface area contributed by atoms with Gasteiger partial charge >= 0.3 is 0 Å². The summed E-state index contributed by atoms with van der Waals surface area (Å²) in [4.78, 5) is 31.8. The van der Waals surface area contributed by atoms with Crippen LogP contribution in [0.4, 0.5) is 5.13 Å². The Morgan fingerprint density at radius 3 is 2.61 bits per heavy atom. The molecule has 4 rings (SSSR count). The van der Waals surface area contributed by atoms with Crippen LogP contribution in [0.2, 0.25) is 0 Å². The Hall–Kier alpha value is -2.30. The molecule has 10 heteroatoms. The van der Waals surface area contributed by atoms with Gasteiger partial charge in [-0.05, 0) is 50.3 Å². The third-order valence-electron chi connectivity index (χ3n) is 5.87. The highest BCUT2D eigenvalue weighted by Gasteiger charge is 2.36. The second-order valence-electron chi connectivity index (χ2n) is 7.92. The van der Waals surface area contributed by atoms with Crippen LogP contribution in [0.3, 0.4) is 0 Å². The molecular formula is C21H26N4O4S2. The van der Waals surface area contributed by atoms with Crippen LogP contribution in [0.25, 0.3) is 0 Å². The minimum Gasteiger partial charge on any atom is -0.327 e. The van der Waals surface area contributed by atoms with E-state index in [1.807, 2.05) is 0 Å². The number of amides is 2. The molecule has 1 N–H and O–H groups in total. The maximum Gasteiger partial charge on any atom is 0.254 e. The lowest BCUT2D eigenvalue weighted by Crippen LogP contribution is -2.43. The van der Waals surface area contributed by atoms with E-state index in [0.29, 0.717) is 48.7 Å². The fraction of sp³-hybridized carbons (Fsp3) is 0.476. The second kappa shape index (κ2) is 9.05. The highest BCUT2D eigenvalue weighted by Crippen LogP contribution is 2.27. The van der Waals surface area contributed by atoms with Gasteiger partial charge in [0.15, 0.2) is 5.13 Å². The predicted molar refractivity (Wildman–Crippen MR) is 119 cm³/mol. The summed E-state index contributed by atoms with van der Waals surface area (Å²) in [6, 6.07) is 4.10. The van der Waals surface area contributed by atoms with Gasteiger partial charge in [0.25, 0.3) is 5.91 Å². The highest BCUT2D eigenvalue weighted by molar-refractivity contribution is 7.89. The first-order valence-corrected chi connectivity index (χ1v) is 12.8. The standard InChI is InChI=1S/C21H26N4O4S2/c1-15-7-8-16(31(28,29)24-10-3-2-4-11-24)14-17(15)20(27)25-12-5-6-18(25)19(26)23-21-22-9-13-30-21/h7-9,13-14,18H,2-6,10-12H2,1H3,(H,22,23,26). The number of likely N-dealkylation sites (tertiary alicyclic amines) is 1. The number of sulfonamides is 1. The molecule has 2 aromatic rings. The number of hydrogen-bond acceptors (Lipinski definition) is 6. The number of anilines is 1. The third-order valence-corrected chi connectivity index (χ3v) is 8.45. The molecule has 0 bridgehead atoms. The quantitative estimate of drug-likeness (QED) is 0.737. The number of carbonyl (C=O) groups is 2. The SMILES string of the molecule is Cc1ccc(S(=O)(=O)N2CCCCC2)cc1C(=O)N1CCCC1C(=O)Nc1nccs1. The van der Waals surface area contributed by atoms with Crippen LogP contribution in [0.1, 0.15) is 48.0 Å². The van der Waals surface area contributed by atoms with Gasteiger partial charge in [-0.2, -0.15) is 4.31 Å². The van der Waals surface area contributed by atoms with Crippen molar-refractivity contribution in [1.82, 2.24) is 14.2 Å². The smallest absolute Gasteiger partial charge is 0.254 e. The summed E-state index contributed by atoms with van der Waals surface area (Å²) in [6.45, 7) is 3.25. The monoisotopic (exact) mass is 462 g/mol. The number of rotatable bonds is 5. The Bertz CT molecular complexity index is 1060. The second-order valence-corrected chi connectivity index (χ2v) is 10.8. The Kier molecular flexibility index (Phi) is 6.40. The van der Waals surface area contributed by atoms with Gasteiger partial charge in [0, 0.05) is 36.8 Å². The lowest BCUT2D eigenvalue weighted by molar-refractivity contribution is -0.119. The van der Waals surface area contributed by atoms with Gasteiger partial charge in [-0.1, -0.05) is 12.5 Å². The van der Waals surface area contributed by atoms with Gasteiger partial charge in [0.2, 0.25) is 15.9 Å². The summed E-state index contributed by atoms with van der Waals surface area (Å²) in [5.74, 6) is -0.583. The summed E-state index contributed by atoms with van der Waals surface area (Å²) < 4.78 is 27.6. The highest BCUT2D eigenvalue weighted by atomic mass is 32.2. The van der Waals surface area contributed by atoms with Gasteiger partial charge in [-0.15, -0.1) is 11.3 Å². The van der Waals surface area contributed by atoms with Crippen molar-refractivity contribution in [3.8, 4) is 0 Å². The van der Waals surface area contributed by atoms with Crippen molar-refractivity contribution in [2.24, 2.45) is 0 Å². The number of piperidine rings is 1. The molecule has 2 aliphatic heterocycles. The average molecular weight is 463 g/mol. The van der Waals surface area contributed by atoms with E-state index < -0.39 is 16.1 Å². The van der Waals surface area contributed by atoms with E-state index in [1.54, 1.807) is 35.5 Å². The third kappa shape index (κ3) is 4.51. The first kappa shape index (κ1) is 21.9. The molecule has 1 atom stereocenters. The maximum absolute atomic E-state index is 13.4. The zero-order chi connectivity index (χ0) is 22.0. The number of hydrogen-bond donors (Lipinski definition) is 1. The van der Waals surface area contributed by atoms with Crippen molar-refractivity contribution >= 4 is 38.3 Å². The van der Waals surface area contributed by atoms with Gasteiger partial charge in [-0.25, -0.2) is 13.4 Å². The number of thiazole rings is 1. The molecule has 2 saturated heterocycles. The number of aryl methyl sites for hydroxylation is 1. The van der Waals surface area contributed by atoms with Gasteiger partial charge in [-0.3, -0.25) is 9.59 Å². The molecule has 0 radical (unpaired) electrons. The largest absolute Gasteiger partial charge is 0.327 e. The van der Waals surface area contributed by atoms with E-state index in [0.717, 1.165) is 19.3 Å². The minimum atomic E-state index is -3.65. The maximum atomic E-state index is 13.4. The molecule has 166 valence electrons. The van der Waals surface area contributed by atoms with Crippen LogP contribution >= 0.6 is 11.3 Å². The molecular weight excluding hydrogens is 436 g/mol. The van der Waals surface area contributed by atoms with Crippen LogP contribution in [-0.4, -0.2) is 60.1 Å². The van der Waals surface area contributed by atoms with Crippen molar-refractivity contribution in [1.29, 1.82) is 0 Å². The first-order valence-electron chi connectivity index (χ1n) is 10.5. The van der Waals surface area contributed by atoms with E-state index in [9.17, 15) is 18.0 Å². The predicted octanol–water partition coefficient (Wildman–Crippen LogP) is 2.87. The molecule has 2 aliphatic rings. The number of nitrogens with zero attached hydrogens (tertiary/aromatic N) is 3. The molecule has 1 unspecified atom stereocenters. The summed E-state index contributed by atoms with van der Waals surface area (Å²) in [5, 5.41) is 5.03. The molecule has 2 fully saturated rings. The number of aromatic nitrogens is 1. The van der Waals surface area contributed by atoms with Crippen molar-refractivity contribution in [2.45, 2.75) is 50.0 Å². The topological polar surface area (TPSA) is 99.7 Å². The number of carbonyl (C=O) groups excluding carboxylic acids is 2. The zero-order valence-electron chi connectivity index (χ0n) is 17.4. The molecule has 2 amide bonds. The molecule has 1 aromatic heterocycles. The summed E-state index contributed by atoms with van der Waals surface area (Å²) >= 11 is 1.32. The van der Waals surface area contributed by atoms with Crippen LogP contribution in [0, 0.1) is 6.92 Å². The Balaban J connectivity index is 1.57. The van der Waals surface area contributed by atoms with E-state index in [4.69, 9.17) is 0 Å².